The molecule has 0 fully saturated rings. The van der Waals surface area contributed by atoms with Crippen molar-refractivity contribution in [1.29, 1.82) is 0 Å². The maximum Gasteiger partial charge on any atom is 0.269 e. The van der Waals surface area contributed by atoms with Gasteiger partial charge in [0.05, 0.1) is 5.69 Å². The summed E-state index contributed by atoms with van der Waals surface area (Å²) in [4.78, 5) is 24.0. The number of aromatic nitrogens is 2. The first-order valence-electron chi connectivity index (χ1n) is 8.46. The molecule has 3 rings (SSSR count). The average Bonchev–Trinajstić information content (AvgIpc) is 3.19. The summed E-state index contributed by atoms with van der Waals surface area (Å²) in [5.74, 6) is -0.327. The highest BCUT2D eigenvalue weighted by molar-refractivity contribution is 5.94. The number of aromatic amines is 1. The number of amides is 2. The van der Waals surface area contributed by atoms with Crippen LogP contribution in [0, 0.1) is 0 Å². The summed E-state index contributed by atoms with van der Waals surface area (Å²) in [5, 5.41) is 12.6. The van der Waals surface area contributed by atoms with Gasteiger partial charge >= 0.3 is 0 Å². The van der Waals surface area contributed by atoms with Crippen molar-refractivity contribution in [2.45, 2.75) is 6.42 Å². The number of benzene rings is 2. The summed E-state index contributed by atoms with van der Waals surface area (Å²) in [7, 11) is 0. The molecule has 1 heterocycles. The molecule has 0 aliphatic heterocycles. The zero-order chi connectivity index (χ0) is 18.2. The molecule has 0 unspecified atom stereocenters. The molecule has 6 nitrogen and oxygen atoms in total. The van der Waals surface area contributed by atoms with E-state index in [2.05, 4.69) is 20.8 Å². The number of carbonyl (C=O) groups is 2. The Bertz CT molecular complexity index is 860. The molecule has 132 valence electrons. The van der Waals surface area contributed by atoms with Crippen molar-refractivity contribution in [3.05, 3.63) is 78.0 Å². The van der Waals surface area contributed by atoms with Gasteiger partial charge in [0.15, 0.2) is 0 Å². The van der Waals surface area contributed by atoms with Crippen LogP contribution in [0.4, 0.5) is 0 Å². The summed E-state index contributed by atoms with van der Waals surface area (Å²) in [6.07, 6.45) is 0.643. The van der Waals surface area contributed by atoms with E-state index in [-0.39, 0.29) is 11.8 Å². The maximum atomic E-state index is 12.1. The topological polar surface area (TPSA) is 86.9 Å². The summed E-state index contributed by atoms with van der Waals surface area (Å²) >= 11 is 0. The number of nitrogens with one attached hydrogen (secondary N) is 3. The third-order valence-electron chi connectivity index (χ3n) is 3.85. The Morgan fingerprint density at radius 3 is 2.15 bits per heavy atom. The summed E-state index contributed by atoms with van der Waals surface area (Å²) in [6, 6.07) is 20.4. The van der Waals surface area contributed by atoms with Crippen LogP contribution in [-0.2, 0) is 0 Å². The number of hydrogen-bond acceptors (Lipinski definition) is 3. The lowest BCUT2D eigenvalue weighted by molar-refractivity contribution is 0.0948. The van der Waals surface area contributed by atoms with Gasteiger partial charge in [-0.05, 0) is 24.6 Å². The van der Waals surface area contributed by atoms with E-state index in [0.29, 0.717) is 30.8 Å². The van der Waals surface area contributed by atoms with Gasteiger partial charge in [0.25, 0.3) is 11.8 Å². The second kappa shape index (κ2) is 8.62. The number of rotatable bonds is 7. The molecular formula is C20H20N4O2. The van der Waals surface area contributed by atoms with E-state index in [4.69, 9.17) is 0 Å². The molecule has 0 spiro atoms. The molecule has 2 aromatic carbocycles. The molecule has 0 saturated carbocycles. The number of nitrogens with zero attached hydrogens (tertiary/aromatic N) is 1. The quantitative estimate of drug-likeness (QED) is 0.574. The first-order valence-corrected chi connectivity index (χ1v) is 8.46. The van der Waals surface area contributed by atoms with Gasteiger partial charge in [-0.15, -0.1) is 0 Å². The predicted octanol–water partition coefficient (Wildman–Crippen LogP) is 2.63. The van der Waals surface area contributed by atoms with Crippen molar-refractivity contribution >= 4 is 11.8 Å². The number of carbonyl (C=O) groups excluding carboxylic acids is 2. The smallest absolute Gasteiger partial charge is 0.269 e. The highest BCUT2D eigenvalue weighted by Crippen LogP contribution is 2.16. The normalized spacial score (nSPS) is 10.3. The minimum atomic E-state index is -0.214. The van der Waals surface area contributed by atoms with E-state index in [1.54, 1.807) is 18.2 Å². The fourth-order valence-corrected chi connectivity index (χ4v) is 2.47. The van der Waals surface area contributed by atoms with E-state index in [0.717, 1.165) is 11.3 Å². The van der Waals surface area contributed by atoms with Crippen LogP contribution in [0.5, 0.6) is 0 Å². The van der Waals surface area contributed by atoms with E-state index in [9.17, 15) is 9.59 Å². The minimum absolute atomic E-state index is 0.113. The monoisotopic (exact) mass is 348 g/mol. The molecule has 0 bridgehead atoms. The molecule has 0 atom stereocenters. The Labute approximate surface area is 151 Å². The lowest BCUT2D eigenvalue weighted by atomic mass is 10.1. The van der Waals surface area contributed by atoms with Crippen LogP contribution in [0.3, 0.4) is 0 Å². The van der Waals surface area contributed by atoms with Crippen molar-refractivity contribution in [2.75, 3.05) is 13.1 Å². The van der Waals surface area contributed by atoms with Gasteiger partial charge in [0.2, 0.25) is 0 Å². The first-order chi connectivity index (χ1) is 12.7. The zero-order valence-electron chi connectivity index (χ0n) is 14.2. The van der Waals surface area contributed by atoms with Gasteiger partial charge in [0, 0.05) is 24.2 Å². The van der Waals surface area contributed by atoms with Crippen molar-refractivity contribution in [3.63, 3.8) is 0 Å². The molecule has 0 saturated heterocycles. The molecule has 0 radical (unpaired) electrons. The van der Waals surface area contributed by atoms with Crippen molar-refractivity contribution < 1.29 is 9.59 Å². The van der Waals surface area contributed by atoms with Gasteiger partial charge in [-0.25, -0.2) is 0 Å². The summed E-state index contributed by atoms with van der Waals surface area (Å²) in [5.41, 5.74) is 2.72. The average molecular weight is 348 g/mol. The van der Waals surface area contributed by atoms with E-state index < -0.39 is 0 Å². The molecule has 2 amide bonds. The fraction of sp³-hybridized carbons (Fsp3) is 0.150. The SMILES string of the molecule is O=C(NCCCNC(=O)c1cc(-c2ccccc2)n[nH]1)c1ccccc1. The predicted molar refractivity (Wildman–Crippen MR) is 99.7 cm³/mol. The number of hydrogen-bond donors (Lipinski definition) is 3. The van der Waals surface area contributed by atoms with Gasteiger partial charge in [-0.1, -0.05) is 48.5 Å². The lowest BCUT2D eigenvalue weighted by Gasteiger charge is -2.06. The Morgan fingerprint density at radius 2 is 1.46 bits per heavy atom. The van der Waals surface area contributed by atoms with Crippen LogP contribution in [0.15, 0.2) is 66.7 Å². The zero-order valence-corrected chi connectivity index (χ0v) is 14.2. The molecule has 26 heavy (non-hydrogen) atoms. The third kappa shape index (κ3) is 4.57. The molecule has 6 heteroatoms. The van der Waals surface area contributed by atoms with E-state index in [1.165, 1.54) is 0 Å². The Morgan fingerprint density at radius 1 is 0.846 bits per heavy atom. The van der Waals surface area contributed by atoms with Gasteiger partial charge in [0.1, 0.15) is 5.69 Å². The van der Waals surface area contributed by atoms with E-state index in [1.807, 2.05) is 48.5 Å². The molecule has 0 aliphatic rings. The third-order valence-corrected chi connectivity index (χ3v) is 3.85. The molecule has 0 aliphatic carbocycles. The second-order valence-corrected chi connectivity index (χ2v) is 5.76. The molecule has 1 aromatic heterocycles. The second-order valence-electron chi connectivity index (χ2n) is 5.76. The highest BCUT2D eigenvalue weighted by atomic mass is 16.2. The highest BCUT2D eigenvalue weighted by Gasteiger charge is 2.10. The van der Waals surface area contributed by atoms with Crippen molar-refractivity contribution in [1.82, 2.24) is 20.8 Å². The van der Waals surface area contributed by atoms with E-state index >= 15 is 0 Å². The van der Waals surface area contributed by atoms with Crippen LogP contribution < -0.4 is 10.6 Å². The molecular weight excluding hydrogens is 328 g/mol. The van der Waals surface area contributed by atoms with Crippen LogP contribution in [0.25, 0.3) is 11.3 Å². The lowest BCUT2D eigenvalue weighted by Crippen LogP contribution is -2.30. The van der Waals surface area contributed by atoms with Crippen molar-refractivity contribution in [2.24, 2.45) is 0 Å². The number of H-pyrrole nitrogens is 1. The van der Waals surface area contributed by atoms with Crippen LogP contribution in [0.1, 0.15) is 27.3 Å². The fourth-order valence-electron chi connectivity index (χ4n) is 2.47. The Balaban J connectivity index is 1.41. The van der Waals surface area contributed by atoms with Crippen LogP contribution in [-0.4, -0.2) is 35.1 Å². The van der Waals surface area contributed by atoms with Crippen LogP contribution >= 0.6 is 0 Å². The summed E-state index contributed by atoms with van der Waals surface area (Å²) < 4.78 is 0. The summed E-state index contributed by atoms with van der Waals surface area (Å²) in [6.45, 7) is 0.958. The minimum Gasteiger partial charge on any atom is -0.352 e. The molecule has 3 aromatic rings. The first kappa shape index (κ1) is 17.4. The van der Waals surface area contributed by atoms with Crippen LogP contribution in [0.2, 0.25) is 0 Å². The standard InChI is InChI=1S/C20H20N4O2/c25-19(16-10-5-2-6-11-16)21-12-7-13-22-20(26)18-14-17(23-24-18)15-8-3-1-4-9-15/h1-6,8-11,14H,7,12-13H2,(H,21,25)(H,22,26)(H,23,24). The Kier molecular flexibility index (Phi) is 5.77. The van der Waals surface area contributed by atoms with Gasteiger partial charge < -0.3 is 10.6 Å². The van der Waals surface area contributed by atoms with Gasteiger partial charge in [-0.3, -0.25) is 14.7 Å². The Hall–Kier alpha value is -3.41. The largest absolute Gasteiger partial charge is 0.352 e. The van der Waals surface area contributed by atoms with Gasteiger partial charge in [-0.2, -0.15) is 5.10 Å². The molecule has 3 N–H and O–H groups in total. The van der Waals surface area contributed by atoms with Crippen molar-refractivity contribution in [3.8, 4) is 11.3 Å². The maximum absolute atomic E-state index is 12.1.